The van der Waals surface area contributed by atoms with Crippen LogP contribution in [0.3, 0.4) is 0 Å². The van der Waals surface area contributed by atoms with Crippen molar-refractivity contribution in [2.75, 3.05) is 0 Å². The van der Waals surface area contributed by atoms with Crippen molar-refractivity contribution in [3.05, 3.63) is 71.9 Å². The fraction of sp³-hybridized carbons (Fsp3) is 0.0952. The molecule has 2 heterocycles. The summed E-state index contributed by atoms with van der Waals surface area (Å²) < 4.78 is 2.30. The van der Waals surface area contributed by atoms with Gasteiger partial charge in [-0.2, -0.15) is 0 Å². The van der Waals surface area contributed by atoms with Crippen molar-refractivity contribution in [1.82, 2.24) is 9.38 Å². The highest BCUT2D eigenvalue weighted by Gasteiger charge is 2.13. The summed E-state index contributed by atoms with van der Waals surface area (Å²) in [6.07, 6.45) is 0. The van der Waals surface area contributed by atoms with Gasteiger partial charge in [0.05, 0.1) is 11.0 Å². The summed E-state index contributed by atoms with van der Waals surface area (Å²) in [6, 6.07) is 21.5. The molecule has 0 bridgehead atoms. The van der Waals surface area contributed by atoms with Crippen molar-refractivity contribution in [3.8, 4) is 0 Å². The van der Waals surface area contributed by atoms with Crippen LogP contribution in [0.25, 0.3) is 38.2 Å². The molecule has 2 aromatic heterocycles. The van der Waals surface area contributed by atoms with Crippen LogP contribution in [0.5, 0.6) is 0 Å². The molecule has 2 nitrogen and oxygen atoms in total. The van der Waals surface area contributed by atoms with E-state index in [1.165, 1.54) is 38.3 Å². The van der Waals surface area contributed by atoms with Gasteiger partial charge in [-0.1, -0.05) is 48.5 Å². The topological polar surface area (TPSA) is 17.3 Å². The van der Waals surface area contributed by atoms with Crippen molar-refractivity contribution < 1.29 is 0 Å². The van der Waals surface area contributed by atoms with Crippen molar-refractivity contribution in [1.29, 1.82) is 0 Å². The first-order valence-electron chi connectivity index (χ1n) is 7.93. The minimum atomic E-state index is 1.06. The van der Waals surface area contributed by atoms with E-state index in [0.717, 1.165) is 11.2 Å². The Kier molecular flexibility index (Phi) is 2.38. The molecule has 0 spiro atoms. The second-order valence-corrected chi connectivity index (χ2v) is 6.21. The Hall–Kier alpha value is -2.87. The summed E-state index contributed by atoms with van der Waals surface area (Å²) in [7, 11) is 0. The van der Waals surface area contributed by atoms with E-state index in [0.29, 0.717) is 0 Å². The van der Waals surface area contributed by atoms with Crippen LogP contribution in [0.15, 0.2) is 60.7 Å². The van der Waals surface area contributed by atoms with E-state index < -0.39 is 0 Å². The Bertz CT molecular complexity index is 1230. The van der Waals surface area contributed by atoms with Crippen LogP contribution < -0.4 is 0 Å². The van der Waals surface area contributed by atoms with Crippen molar-refractivity contribution >= 4 is 38.2 Å². The van der Waals surface area contributed by atoms with E-state index in [4.69, 9.17) is 4.98 Å². The van der Waals surface area contributed by atoms with Gasteiger partial charge in [0.1, 0.15) is 5.65 Å². The van der Waals surface area contributed by atoms with Gasteiger partial charge in [-0.3, -0.25) is 4.40 Å². The smallest absolute Gasteiger partial charge is 0.141 e. The molecule has 0 aliphatic heterocycles. The van der Waals surface area contributed by atoms with Crippen LogP contribution in [0.4, 0.5) is 0 Å². The van der Waals surface area contributed by atoms with Crippen LogP contribution >= 0.6 is 0 Å². The summed E-state index contributed by atoms with van der Waals surface area (Å²) in [5.74, 6) is 0. The number of rotatable bonds is 0. The van der Waals surface area contributed by atoms with Gasteiger partial charge in [-0.15, -0.1) is 0 Å². The number of hydrogen-bond acceptors (Lipinski definition) is 1. The molecule has 23 heavy (non-hydrogen) atoms. The van der Waals surface area contributed by atoms with E-state index in [2.05, 4.69) is 78.9 Å². The van der Waals surface area contributed by atoms with Gasteiger partial charge in [0.15, 0.2) is 0 Å². The van der Waals surface area contributed by atoms with Gasteiger partial charge in [-0.25, -0.2) is 4.98 Å². The van der Waals surface area contributed by atoms with Gasteiger partial charge < -0.3 is 0 Å². The second kappa shape index (κ2) is 4.32. The Morgan fingerprint density at radius 2 is 1.43 bits per heavy atom. The lowest BCUT2D eigenvalue weighted by molar-refractivity contribution is 1.14. The van der Waals surface area contributed by atoms with E-state index in [9.17, 15) is 0 Å². The maximum Gasteiger partial charge on any atom is 0.141 e. The van der Waals surface area contributed by atoms with Gasteiger partial charge in [0, 0.05) is 16.6 Å². The minimum absolute atomic E-state index is 1.06. The normalized spacial score (nSPS) is 11.9. The highest BCUT2D eigenvalue weighted by Crippen LogP contribution is 2.31. The van der Waals surface area contributed by atoms with Crippen LogP contribution in [0.1, 0.15) is 11.3 Å². The molecule has 0 amide bonds. The molecule has 0 aliphatic carbocycles. The van der Waals surface area contributed by atoms with Gasteiger partial charge in [0.2, 0.25) is 0 Å². The first-order chi connectivity index (χ1) is 11.2. The zero-order valence-electron chi connectivity index (χ0n) is 13.2. The molecular formula is C21H16N2. The fourth-order valence-electron chi connectivity index (χ4n) is 3.72. The summed E-state index contributed by atoms with van der Waals surface area (Å²) in [4.78, 5) is 4.94. The third-order valence-corrected chi connectivity index (χ3v) is 4.91. The number of aryl methyl sites for hydroxylation is 2. The maximum atomic E-state index is 4.94. The number of benzene rings is 3. The molecule has 5 aromatic rings. The molecule has 3 aromatic carbocycles. The van der Waals surface area contributed by atoms with Gasteiger partial charge in [-0.05, 0) is 42.1 Å². The minimum Gasteiger partial charge on any atom is -0.296 e. The lowest BCUT2D eigenvalue weighted by Crippen LogP contribution is -1.96. The lowest BCUT2D eigenvalue weighted by Gasteiger charge is -2.10. The molecule has 0 saturated carbocycles. The highest BCUT2D eigenvalue weighted by molar-refractivity contribution is 6.00. The summed E-state index contributed by atoms with van der Waals surface area (Å²) in [5, 5.41) is 5.08. The standard InChI is InChI=1S/C21H16N2/c1-13-17-9-5-6-10-18(17)14(2)23-20-12-16-8-4-3-7-15(16)11-19(20)22-21(13)23/h3-12H,1-2H3. The zero-order valence-corrected chi connectivity index (χ0v) is 13.2. The van der Waals surface area contributed by atoms with Crippen molar-refractivity contribution in [2.24, 2.45) is 0 Å². The Morgan fingerprint density at radius 1 is 0.783 bits per heavy atom. The van der Waals surface area contributed by atoms with E-state index >= 15 is 0 Å². The highest BCUT2D eigenvalue weighted by atomic mass is 15.0. The first-order valence-corrected chi connectivity index (χ1v) is 7.93. The Morgan fingerprint density at radius 3 is 2.22 bits per heavy atom. The quantitative estimate of drug-likeness (QED) is 0.373. The van der Waals surface area contributed by atoms with Gasteiger partial charge in [0.25, 0.3) is 0 Å². The van der Waals surface area contributed by atoms with E-state index in [1.807, 2.05) is 0 Å². The monoisotopic (exact) mass is 296 g/mol. The molecule has 2 heteroatoms. The number of nitrogens with zero attached hydrogens (tertiary/aromatic N) is 2. The third kappa shape index (κ3) is 1.61. The number of fused-ring (bicyclic) bond motifs is 5. The zero-order chi connectivity index (χ0) is 15.6. The number of imidazole rings is 1. The number of aromatic nitrogens is 2. The third-order valence-electron chi connectivity index (χ3n) is 4.91. The van der Waals surface area contributed by atoms with Crippen molar-refractivity contribution in [3.63, 3.8) is 0 Å². The molecule has 0 fully saturated rings. The lowest BCUT2D eigenvalue weighted by atomic mass is 10.1. The van der Waals surface area contributed by atoms with Crippen LogP contribution in [-0.2, 0) is 0 Å². The van der Waals surface area contributed by atoms with Crippen LogP contribution in [-0.4, -0.2) is 9.38 Å². The number of hydrogen-bond donors (Lipinski definition) is 0. The molecular weight excluding hydrogens is 280 g/mol. The molecule has 0 atom stereocenters. The average Bonchev–Trinajstić information content (AvgIpc) is 2.96. The SMILES string of the molecule is Cc1c2ccccc2c(C)n2c1nc1cc3ccccc3cc12. The fourth-order valence-corrected chi connectivity index (χ4v) is 3.72. The Labute approximate surface area is 134 Å². The predicted octanol–water partition coefficient (Wildman–Crippen LogP) is 5.41. The molecule has 0 N–H and O–H groups in total. The molecule has 110 valence electrons. The largest absolute Gasteiger partial charge is 0.296 e. The summed E-state index contributed by atoms with van der Waals surface area (Å²) in [5.41, 5.74) is 5.80. The molecule has 5 rings (SSSR count). The molecule has 0 saturated heterocycles. The molecule has 0 unspecified atom stereocenters. The van der Waals surface area contributed by atoms with Crippen LogP contribution in [0.2, 0.25) is 0 Å². The maximum absolute atomic E-state index is 4.94. The Balaban J connectivity index is 2.09. The summed E-state index contributed by atoms with van der Waals surface area (Å²) in [6.45, 7) is 4.35. The molecule has 0 aliphatic rings. The van der Waals surface area contributed by atoms with Gasteiger partial charge >= 0.3 is 0 Å². The average molecular weight is 296 g/mol. The van der Waals surface area contributed by atoms with Crippen LogP contribution in [0, 0.1) is 13.8 Å². The first kappa shape index (κ1) is 12.7. The second-order valence-electron chi connectivity index (χ2n) is 6.21. The number of pyridine rings is 1. The summed E-state index contributed by atoms with van der Waals surface area (Å²) >= 11 is 0. The predicted molar refractivity (Wildman–Crippen MR) is 97.2 cm³/mol. The van der Waals surface area contributed by atoms with E-state index in [1.54, 1.807) is 0 Å². The van der Waals surface area contributed by atoms with Crippen molar-refractivity contribution in [2.45, 2.75) is 13.8 Å². The molecule has 0 radical (unpaired) electrons. The van der Waals surface area contributed by atoms with E-state index in [-0.39, 0.29) is 0 Å².